The van der Waals surface area contributed by atoms with Gasteiger partial charge in [-0.25, -0.2) is 9.48 Å². The molecule has 0 aliphatic heterocycles. The molecule has 0 spiro atoms. The Hall–Kier alpha value is -2.99. The molecule has 1 heterocycles. The van der Waals surface area contributed by atoms with Crippen molar-refractivity contribution in [2.45, 2.75) is 58.7 Å². The maximum atomic E-state index is 11.7. The first-order valence-electron chi connectivity index (χ1n) is 11.6. The van der Waals surface area contributed by atoms with Gasteiger partial charge in [0.1, 0.15) is 11.7 Å². The number of esters is 1. The van der Waals surface area contributed by atoms with Crippen molar-refractivity contribution in [3.8, 4) is 0 Å². The summed E-state index contributed by atoms with van der Waals surface area (Å²) < 4.78 is 7.08. The van der Waals surface area contributed by atoms with E-state index in [1.54, 1.807) is 0 Å². The van der Waals surface area contributed by atoms with Gasteiger partial charge in [0.05, 0.1) is 12.1 Å². The molecule has 0 saturated carbocycles. The molecule has 1 unspecified atom stereocenters. The predicted octanol–water partition coefficient (Wildman–Crippen LogP) is 5.52. The van der Waals surface area contributed by atoms with E-state index in [0.717, 1.165) is 43.4 Å². The first-order chi connectivity index (χ1) is 15.7. The van der Waals surface area contributed by atoms with Gasteiger partial charge in [0, 0.05) is 19.2 Å². The summed E-state index contributed by atoms with van der Waals surface area (Å²) in [6.07, 6.45) is 8.75. The van der Waals surface area contributed by atoms with Crippen molar-refractivity contribution in [1.82, 2.24) is 19.9 Å². The zero-order valence-electron chi connectivity index (χ0n) is 19.2. The van der Waals surface area contributed by atoms with Crippen LogP contribution in [0.2, 0.25) is 0 Å². The number of benzene rings is 2. The van der Waals surface area contributed by atoms with Crippen LogP contribution in [-0.2, 0) is 16.1 Å². The molecule has 3 rings (SSSR count). The van der Waals surface area contributed by atoms with Gasteiger partial charge in [-0.15, -0.1) is 5.10 Å². The molecule has 1 aromatic heterocycles. The normalized spacial score (nSPS) is 12.6. The first-order valence-corrected chi connectivity index (χ1v) is 11.6. The summed E-state index contributed by atoms with van der Waals surface area (Å²) in [5.74, 6) is -0.288. The third kappa shape index (κ3) is 6.76. The molecular formula is C26H34N4O2. The summed E-state index contributed by atoms with van der Waals surface area (Å²) in [6, 6.07) is 18.6. The number of hydrogen-bond acceptors (Lipinski definition) is 5. The zero-order chi connectivity index (χ0) is 22.6. The molecule has 0 aliphatic rings. The Kier molecular flexibility index (Phi) is 9.44. The van der Waals surface area contributed by atoms with Gasteiger partial charge in [0.2, 0.25) is 0 Å². The van der Waals surface area contributed by atoms with E-state index in [1.807, 2.05) is 37.3 Å². The SMILES string of the molecule is CCCCCC(N(CC/C=C/C(=O)OCC)Cc1ccccc1)n1nnc2ccccc21. The van der Waals surface area contributed by atoms with Crippen LogP contribution in [0.25, 0.3) is 11.0 Å². The topological polar surface area (TPSA) is 60.2 Å². The second kappa shape index (κ2) is 12.8. The second-order valence-corrected chi connectivity index (χ2v) is 7.90. The average Bonchev–Trinajstić information content (AvgIpc) is 3.24. The van der Waals surface area contributed by atoms with Crippen molar-refractivity contribution in [2.24, 2.45) is 0 Å². The Morgan fingerprint density at radius 1 is 1.09 bits per heavy atom. The lowest BCUT2D eigenvalue weighted by atomic mass is 10.1. The standard InChI is InChI=1S/C26H34N4O2/c1-3-5-7-18-25(30-24-17-11-10-16-23(24)27-28-30)29(21-22-14-8-6-9-15-22)20-13-12-19-26(31)32-4-2/h6,8-12,14-17,19,25H,3-5,7,13,18,20-21H2,1-2H3/b19-12+. The third-order valence-corrected chi connectivity index (χ3v) is 5.50. The molecule has 1 atom stereocenters. The van der Waals surface area contributed by atoms with Crippen LogP contribution >= 0.6 is 0 Å². The highest BCUT2D eigenvalue weighted by molar-refractivity contribution is 5.81. The Balaban J connectivity index is 1.86. The number of ether oxygens (including phenoxy) is 1. The molecule has 0 saturated heterocycles. The van der Waals surface area contributed by atoms with Crippen molar-refractivity contribution < 1.29 is 9.53 Å². The predicted molar refractivity (Wildman–Crippen MR) is 128 cm³/mol. The van der Waals surface area contributed by atoms with Crippen LogP contribution in [0.4, 0.5) is 0 Å². The van der Waals surface area contributed by atoms with Crippen LogP contribution < -0.4 is 0 Å². The van der Waals surface area contributed by atoms with E-state index in [-0.39, 0.29) is 12.1 Å². The van der Waals surface area contributed by atoms with Crippen LogP contribution in [-0.4, -0.2) is 39.0 Å². The number of nitrogens with zero attached hydrogens (tertiary/aromatic N) is 4. The van der Waals surface area contributed by atoms with Gasteiger partial charge < -0.3 is 4.74 Å². The summed E-state index contributed by atoms with van der Waals surface area (Å²) in [6.45, 7) is 6.04. The van der Waals surface area contributed by atoms with E-state index in [9.17, 15) is 4.79 Å². The van der Waals surface area contributed by atoms with Gasteiger partial charge in [-0.3, -0.25) is 4.90 Å². The molecule has 6 heteroatoms. The molecule has 32 heavy (non-hydrogen) atoms. The zero-order valence-corrected chi connectivity index (χ0v) is 19.2. The molecular weight excluding hydrogens is 400 g/mol. The maximum absolute atomic E-state index is 11.7. The monoisotopic (exact) mass is 434 g/mol. The molecule has 2 aromatic carbocycles. The number of carbonyl (C=O) groups is 1. The van der Waals surface area contributed by atoms with E-state index >= 15 is 0 Å². The Bertz CT molecular complexity index is 984. The summed E-state index contributed by atoms with van der Waals surface area (Å²) in [5.41, 5.74) is 3.22. The summed E-state index contributed by atoms with van der Waals surface area (Å²) in [4.78, 5) is 14.1. The fraction of sp³-hybridized carbons (Fsp3) is 0.423. The van der Waals surface area contributed by atoms with Crippen LogP contribution in [0.3, 0.4) is 0 Å². The summed E-state index contributed by atoms with van der Waals surface area (Å²) in [5, 5.41) is 8.96. The molecule has 170 valence electrons. The fourth-order valence-corrected chi connectivity index (χ4v) is 3.91. The van der Waals surface area contributed by atoms with Gasteiger partial charge in [-0.1, -0.05) is 73.5 Å². The van der Waals surface area contributed by atoms with Crippen molar-refractivity contribution in [1.29, 1.82) is 0 Å². The van der Waals surface area contributed by atoms with Crippen LogP contribution in [0.15, 0.2) is 66.7 Å². The first kappa shape index (κ1) is 23.7. The lowest BCUT2D eigenvalue weighted by Gasteiger charge is -2.32. The maximum Gasteiger partial charge on any atom is 0.330 e. The Morgan fingerprint density at radius 3 is 2.66 bits per heavy atom. The van der Waals surface area contributed by atoms with Gasteiger partial charge >= 0.3 is 5.97 Å². The quantitative estimate of drug-likeness (QED) is 0.201. The number of rotatable bonds is 13. The molecule has 3 aromatic rings. The van der Waals surface area contributed by atoms with Gasteiger partial charge in [-0.05, 0) is 43.9 Å². The third-order valence-electron chi connectivity index (χ3n) is 5.50. The van der Waals surface area contributed by atoms with Crippen molar-refractivity contribution in [3.63, 3.8) is 0 Å². The molecule has 0 aliphatic carbocycles. The highest BCUT2D eigenvalue weighted by Crippen LogP contribution is 2.26. The lowest BCUT2D eigenvalue weighted by Crippen LogP contribution is -2.34. The molecule has 0 N–H and O–H groups in total. The summed E-state index contributed by atoms with van der Waals surface area (Å²) in [7, 11) is 0. The highest BCUT2D eigenvalue weighted by Gasteiger charge is 2.23. The van der Waals surface area contributed by atoms with Crippen molar-refractivity contribution >= 4 is 17.0 Å². The lowest BCUT2D eigenvalue weighted by molar-refractivity contribution is -0.137. The van der Waals surface area contributed by atoms with E-state index < -0.39 is 0 Å². The number of aromatic nitrogens is 3. The van der Waals surface area contributed by atoms with Crippen molar-refractivity contribution in [2.75, 3.05) is 13.2 Å². The smallest absolute Gasteiger partial charge is 0.330 e. The molecule has 0 amide bonds. The largest absolute Gasteiger partial charge is 0.463 e. The van der Waals surface area contributed by atoms with Gasteiger partial charge in [0.15, 0.2) is 0 Å². The minimum absolute atomic E-state index is 0.0881. The van der Waals surface area contributed by atoms with Gasteiger partial charge in [0.25, 0.3) is 0 Å². The van der Waals surface area contributed by atoms with Crippen LogP contribution in [0, 0.1) is 0 Å². The number of para-hydroxylation sites is 1. The summed E-state index contributed by atoms with van der Waals surface area (Å²) >= 11 is 0. The average molecular weight is 435 g/mol. The van der Waals surface area contributed by atoms with Crippen LogP contribution in [0.5, 0.6) is 0 Å². The highest BCUT2D eigenvalue weighted by atomic mass is 16.5. The van der Waals surface area contributed by atoms with E-state index in [2.05, 4.69) is 57.1 Å². The molecule has 0 fully saturated rings. The van der Waals surface area contributed by atoms with E-state index in [0.29, 0.717) is 6.61 Å². The minimum atomic E-state index is -0.288. The number of carbonyl (C=O) groups excluding carboxylic acids is 1. The Labute approximate surface area is 190 Å². The fourth-order valence-electron chi connectivity index (χ4n) is 3.91. The number of fused-ring (bicyclic) bond motifs is 1. The molecule has 6 nitrogen and oxygen atoms in total. The number of hydrogen-bond donors (Lipinski definition) is 0. The molecule has 0 radical (unpaired) electrons. The minimum Gasteiger partial charge on any atom is -0.463 e. The van der Waals surface area contributed by atoms with E-state index in [1.165, 1.54) is 24.5 Å². The number of unbranched alkanes of at least 4 members (excludes halogenated alkanes) is 2. The Morgan fingerprint density at radius 2 is 1.88 bits per heavy atom. The second-order valence-electron chi connectivity index (χ2n) is 7.90. The van der Waals surface area contributed by atoms with Crippen LogP contribution in [0.1, 0.15) is 57.7 Å². The van der Waals surface area contributed by atoms with E-state index in [4.69, 9.17) is 4.74 Å². The van der Waals surface area contributed by atoms with Crippen molar-refractivity contribution in [3.05, 3.63) is 72.3 Å². The molecule has 0 bridgehead atoms. The van der Waals surface area contributed by atoms with Gasteiger partial charge in [-0.2, -0.15) is 0 Å².